The highest BCUT2D eigenvalue weighted by atomic mass is 19.4. The molecule has 0 unspecified atom stereocenters. The third kappa shape index (κ3) is 3.35. The summed E-state index contributed by atoms with van der Waals surface area (Å²) in [5.74, 6) is 6.05. The zero-order valence-corrected chi connectivity index (χ0v) is 14.6. The zero-order chi connectivity index (χ0) is 20.6. The second kappa shape index (κ2) is 6.88. The summed E-state index contributed by atoms with van der Waals surface area (Å²) < 4.78 is 40.0. The molecule has 0 aliphatic carbocycles. The van der Waals surface area contributed by atoms with Crippen LogP contribution in [0.25, 0.3) is 33.0 Å². The monoisotopic (exact) mass is 395 g/mol. The van der Waals surface area contributed by atoms with Crippen LogP contribution in [0.4, 0.5) is 24.7 Å². The van der Waals surface area contributed by atoms with Crippen molar-refractivity contribution in [1.82, 2.24) is 19.7 Å². The molecule has 2 aromatic heterocycles. The Balaban J connectivity index is 1.85. The van der Waals surface area contributed by atoms with Crippen LogP contribution < -0.4 is 11.3 Å². The zero-order valence-electron chi connectivity index (χ0n) is 14.6. The van der Waals surface area contributed by atoms with Crippen LogP contribution in [0.15, 0.2) is 54.7 Å². The van der Waals surface area contributed by atoms with Gasteiger partial charge < -0.3 is 5.43 Å². The van der Waals surface area contributed by atoms with Crippen LogP contribution in [0.2, 0.25) is 0 Å². The predicted octanol–water partition coefficient (Wildman–Crippen LogP) is 4.34. The lowest BCUT2D eigenvalue weighted by molar-refractivity contribution is -0.137. The van der Waals surface area contributed by atoms with E-state index in [1.165, 1.54) is 18.3 Å². The highest BCUT2D eigenvalue weighted by Gasteiger charge is 2.30. The largest absolute Gasteiger partial charge is 0.416 e. The molecule has 0 saturated heterocycles. The quantitative estimate of drug-likeness (QED) is 0.306. The van der Waals surface area contributed by atoms with Gasteiger partial charge >= 0.3 is 6.18 Å². The van der Waals surface area contributed by atoms with E-state index >= 15 is 0 Å². The van der Waals surface area contributed by atoms with Crippen LogP contribution in [0.5, 0.6) is 0 Å². The Morgan fingerprint density at radius 1 is 1.00 bits per heavy atom. The van der Waals surface area contributed by atoms with Crippen molar-refractivity contribution in [1.29, 1.82) is 0 Å². The molecule has 10 heteroatoms. The molecule has 2 aromatic carbocycles. The lowest BCUT2D eigenvalue weighted by Gasteiger charge is -2.09. The molecular weight excluding hydrogens is 383 g/mol. The molecule has 0 radical (unpaired) electrons. The number of nitrogens with one attached hydrogen (secondary N) is 1. The number of hydrogen-bond acceptors (Lipinski definition) is 5. The molecule has 144 valence electrons. The summed E-state index contributed by atoms with van der Waals surface area (Å²) in [5.41, 5.74) is 3.67. The smallest absolute Gasteiger partial charge is 0.308 e. The van der Waals surface area contributed by atoms with E-state index in [0.29, 0.717) is 28.0 Å². The second-order valence-corrected chi connectivity index (χ2v) is 6.04. The maximum absolute atomic E-state index is 12.8. The van der Waals surface area contributed by atoms with Gasteiger partial charge in [0.05, 0.1) is 29.4 Å². The molecule has 4 rings (SSSR count). The van der Waals surface area contributed by atoms with Gasteiger partial charge in [0, 0.05) is 5.56 Å². The van der Waals surface area contributed by atoms with Crippen molar-refractivity contribution in [3.63, 3.8) is 0 Å². The first kappa shape index (κ1) is 18.4. The van der Waals surface area contributed by atoms with Gasteiger partial charge in [0.1, 0.15) is 0 Å². The molecule has 0 atom stereocenters. The first-order valence-electron chi connectivity index (χ1n) is 8.28. The van der Waals surface area contributed by atoms with Gasteiger partial charge in [-0.1, -0.05) is 24.3 Å². The van der Waals surface area contributed by atoms with Crippen LogP contribution in [0.1, 0.15) is 5.56 Å². The number of nitrogens with zero attached hydrogens (tertiary/aromatic N) is 5. The number of aromatic nitrogens is 4. The summed E-state index contributed by atoms with van der Waals surface area (Å²) in [4.78, 5) is 12.1. The van der Waals surface area contributed by atoms with Crippen LogP contribution in [-0.2, 0) is 6.18 Å². The molecule has 0 fully saturated rings. The minimum absolute atomic E-state index is 0.193. The van der Waals surface area contributed by atoms with Gasteiger partial charge in [0.25, 0.3) is 0 Å². The minimum Gasteiger partial charge on any atom is -0.308 e. The molecule has 0 aliphatic rings. The molecule has 0 bridgehead atoms. The number of benzene rings is 2. The molecule has 3 N–H and O–H groups in total. The van der Waals surface area contributed by atoms with Crippen LogP contribution in [-0.4, -0.2) is 19.7 Å². The first-order chi connectivity index (χ1) is 13.9. The number of rotatable bonds is 3. The molecule has 0 spiro atoms. The van der Waals surface area contributed by atoms with Gasteiger partial charge in [-0.2, -0.15) is 18.3 Å². The van der Waals surface area contributed by atoms with E-state index in [1.54, 1.807) is 28.9 Å². The van der Waals surface area contributed by atoms with Gasteiger partial charge in [-0.05, 0) is 24.3 Å². The lowest BCUT2D eigenvalue weighted by Crippen LogP contribution is -2.10. The fourth-order valence-corrected chi connectivity index (χ4v) is 2.81. The lowest BCUT2D eigenvalue weighted by atomic mass is 10.1. The van der Waals surface area contributed by atoms with Gasteiger partial charge in [0.2, 0.25) is 0 Å². The van der Waals surface area contributed by atoms with Crippen molar-refractivity contribution in [3.05, 3.63) is 71.7 Å². The number of hydrogen-bond donors (Lipinski definition) is 2. The van der Waals surface area contributed by atoms with E-state index in [4.69, 9.17) is 12.4 Å². The van der Waals surface area contributed by atoms with Crippen molar-refractivity contribution >= 4 is 22.5 Å². The Morgan fingerprint density at radius 3 is 2.28 bits per heavy atom. The molecule has 29 heavy (non-hydrogen) atoms. The molecule has 7 nitrogen and oxygen atoms in total. The van der Waals surface area contributed by atoms with E-state index in [1.807, 2.05) is 0 Å². The highest BCUT2D eigenvalue weighted by molar-refractivity contribution is 5.89. The van der Waals surface area contributed by atoms with Gasteiger partial charge in [0.15, 0.2) is 23.0 Å². The van der Waals surface area contributed by atoms with Gasteiger partial charge in [-0.3, -0.25) is 0 Å². The van der Waals surface area contributed by atoms with E-state index < -0.39 is 11.7 Å². The van der Waals surface area contributed by atoms with Gasteiger partial charge in [-0.25, -0.2) is 25.3 Å². The first-order valence-corrected chi connectivity index (χ1v) is 8.28. The molecular formula is C19H12F3N7. The summed E-state index contributed by atoms with van der Waals surface area (Å²) in [6.45, 7) is 7.04. The van der Waals surface area contributed by atoms with Crippen molar-refractivity contribution in [2.45, 2.75) is 6.18 Å². The minimum atomic E-state index is -4.43. The molecule has 0 saturated carbocycles. The number of hydrazine groups is 1. The normalized spacial score (nSPS) is 11.4. The Hall–Kier alpha value is -3.97. The van der Waals surface area contributed by atoms with Crippen molar-refractivity contribution in [2.75, 3.05) is 5.43 Å². The Bertz CT molecular complexity index is 1220. The standard InChI is InChI=1S/C19H12F3N7/c1-24-13-6-8-14(9-7-13)29-18-15(10-25-29)17(28-23)26-16(27-18)11-2-4-12(5-3-11)19(20,21)22/h2-10H,23H2,(H,26,27,28). The van der Waals surface area contributed by atoms with Crippen LogP contribution >= 0.6 is 0 Å². The maximum Gasteiger partial charge on any atom is 0.416 e. The second-order valence-electron chi connectivity index (χ2n) is 6.04. The van der Waals surface area contributed by atoms with E-state index in [0.717, 1.165) is 12.1 Å². The Labute approximate surface area is 162 Å². The average molecular weight is 395 g/mol. The number of alkyl halides is 3. The fourth-order valence-electron chi connectivity index (χ4n) is 2.81. The number of anilines is 1. The third-order valence-electron chi connectivity index (χ3n) is 4.26. The molecule has 0 aliphatic heterocycles. The summed E-state index contributed by atoms with van der Waals surface area (Å²) in [6.07, 6.45) is -2.90. The van der Waals surface area contributed by atoms with Gasteiger partial charge in [-0.15, -0.1) is 0 Å². The summed E-state index contributed by atoms with van der Waals surface area (Å²) in [5, 5.41) is 4.84. The van der Waals surface area contributed by atoms with E-state index in [2.05, 4.69) is 25.3 Å². The topological polar surface area (TPSA) is 86.0 Å². The van der Waals surface area contributed by atoms with Crippen molar-refractivity contribution in [2.24, 2.45) is 5.84 Å². The number of nitrogen functional groups attached to an aromatic ring is 1. The third-order valence-corrected chi connectivity index (χ3v) is 4.26. The highest BCUT2D eigenvalue weighted by Crippen LogP contribution is 2.31. The molecule has 4 aromatic rings. The maximum atomic E-state index is 12.8. The van der Waals surface area contributed by atoms with Crippen LogP contribution in [0, 0.1) is 6.57 Å². The van der Waals surface area contributed by atoms with Crippen molar-refractivity contribution < 1.29 is 13.2 Å². The summed E-state index contributed by atoms with van der Waals surface area (Å²) >= 11 is 0. The Kier molecular flexibility index (Phi) is 4.37. The number of fused-ring (bicyclic) bond motifs is 1. The Morgan fingerprint density at radius 2 is 1.69 bits per heavy atom. The van der Waals surface area contributed by atoms with E-state index in [9.17, 15) is 13.2 Å². The number of nitrogens with two attached hydrogens (primary N) is 1. The summed E-state index contributed by atoms with van der Waals surface area (Å²) in [7, 11) is 0. The summed E-state index contributed by atoms with van der Waals surface area (Å²) in [6, 6.07) is 11.3. The predicted molar refractivity (Wildman–Crippen MR) is 101 cm³/mol. The SMILES string of the molecule is [C-]#[N+]c1ccc(-n2ncc3c(NN)nc(-c4ccc(C(F)(F)F)cc4)nc32)cc1. The fraction of sp³-hybridized carbons (Fsp3) is 0.0526. The van der Waals surface area contributed by atoms with Crippen LogP contribution in [0.3, 0.4) is 0 Å². The molecule has 0 amide bonds. The molecule has 2 heterocycles. The van der Waals surface area contributed by atoms with Crippen molar-refractivity contribution in [3.8, 4) is 17.1 Å². The number of halogens is 3. The average Bonchev–Trinajstić information content (AvgIpc) is 3.16. The van der Waals surface area contributed by atoms with E-state index in [-0.39, 0.29) is 11.6 Å².